The fourth-order valence-corrected chi connectivity index (χ4v) is 2.99. The maximum absolute atomic E-state index is 6.26. The van der Waals surface area contributed by atoms with Crippen LogP contribution in [-0.2, 0) is 0 Å². The van der Waals surface area contributed by atoms with E-state index in [9.17, 15) is 0 Å². The van der Waals surface area contributed by atoms with Crippen LogP contribution >= 0.6 is 11.6 Å². The van der Waals surface area contributed by atoms with Crippen molar-refractivity contribution in [3.05, 3.63) is 17.0 Å². The van der Waals surface area contributed by atoms with Gasteiger partial charge in [-0.05, 0) is 20.0 Å². The maximum Gasteiger partial charge on any atom is 0.138 e. The van der Waals surface area contributed by atoms with Crippen LogP contribution in [0, 0.1) is 0 Å². The average molecular weight is 312 g/mol. The molecule has 0 bridgehead atoms. The van der Waals surface area contributed by atoms with E-state index >= 15 is 0 Å². The van der Waals surface area contributed by atoms with Crippen molar-refractivity contribution in [2.24, 2.45) is 0 Å². The number of piperazine rings is 1. The lowest BCUT2D eigenvalue weighted by molar-refractivity contribution is 0.229. The van der Waals surface area contributed by atoms with E-state index in [1.807, 2.05) is 0 Å². The third kappa shape index (κ3) is 4.28. The number of hydrogen-bond donors (Lipinski definition) is 0. The van der Waals surface area contributed by atoms with Gasteiger partial charge in [0, 0.05) is 44.8 Å². The normalized spacial score (nSPS) is 17.0. The van der Waals surface area contributed by atoms with Crippen molar-refractivity contribution in [3.63, 3.8) is 0 Å². The third-order valence-electron chi connectivity index (χ3n) is 3.93. The molecule has 2 rings (SSSR count). The summed E-state index contributed by atoms with van der Waals surface area (Å²) < 4.78 is 0. The average Bonchev–Trinajstić information content (AvgIpc) is 2.45. The van der Waals surface area contributed by atoms with E-state index in [2.05, 4.69) is 52.6 Å². The van der Waals surface area contributed by atoms with E-state index in [0.717, 1.165) is 50.6 Å². The molecule has 1 aromatic rings. The summed E-state index contributed by atoms with van der Waals surface area (Å²) in [5, 5.41) is 0.588. The standard InChI is InChI=1S/C15H26ClN5/c1-12(2)13-14(16)17-11-18-15(13)21-9-7-20(8-10-21)6-5-19(3)4/h11-12H,5-10H2,1-4H3. The van der Waals surface area contributed by atoms with E-state index < -0.39 is 0 Å². The molecule has 0 atom stereocenters. The summed E-state index contributed by atoms with van der Waals surface area (Å²) >= 11 is 6.26. The molecule has 0 unspecified atom stereocenters. The quantitative estimate of drug-likeness (QED) is 0.777. The molecule has 0 aliphatic carbocycles. The number of halogens is 1. The van der Waals surface area contributed by atoms with Crippen LogP contribution in [0.1, 0.15) is 25.3 Å². The summed E-state index contributed by atoms with van der Waals surface area (Å²) in [7, 11) is 4.24. The lowest BCUT2D eigenvalue weighted by Gasteiger charge is -2.37. The van der Waals surface area contributed by atoms with Gasteiger partial charge in [0.25, 0.3) is 0 Å². The molecular formula is C15H26ClN5. The number of aromatic nitrogens is 2. The van der Waals surface area contributed by atoms with Gasteiger partial charge >= 0.3 is 0 Å². The summed E-state index contributed by atoms with van der Waals surface area (Å²) in [6.45, 7) is 10.7. The van der Waals surface area contributed by atoms with Crippen molar-refractivity contribution in [3.8, 4) is 0 Å². The highest BCUT2D eigenvalue weighted by Crippen LogP contribution is 2.30. The first kappa shape index (κ1) is 16.5. The van der Waals surface area contributed by atoms with Gasteiger partial charge in [0.1, 0.15) is 17.3 Å². The Morgan fingerprint density at radius 2 is 1.86 bits per heavy atom. The van der Waals surface area contributed by atoms with Gasteiger partial charge < -0.3 is 9.80 Å². The van der Waals surface area contributed by atoms with Crippen LogP contribution in [-0.4, -0.2) is 73.1 Å². The number of likely N-dealkylation sites (N-methyl/N-ethyl adjacent to an activating group) is 1. The van der Waals surface area contributed by atoms with E-state index in [1.165, 1.54) is 0 Å². The summed E-state index contributed by atoms with van der Waals surface area (Å²) in [5.41, 5.74) is 1.07. The highest BCUT2D eigenvalue weighted by Gasteiger charge is 2.23. The molecule has 0 radical (unpaired) electrons. The number of anilines is 1. The topological polar surface area (TPSA) is 35.5 Å². The minimum Gasteiger partial charge on any atom is -0.354 e. The van der Waals surface area contributed by atoms with Gasteiger partial charge in [-0.3, -0.25) is 4.90 Å². The Bertz CT molecular complexity index is 455. The fraction of sp³-hybridized carbons (Fsp3) is 0.733. The second-order valence-electron chi connectivity index (χ2n) is 6.19. The van der Waals surface area contributed by atoms with Gasteiger partial charge in [0.15, 0.2) is 0 Å². The van der Waals surface area contributed by atoms with Crippen molar-refractivity contribution >= 4 is 17.4 Å². The van der Waals surface area contributed by atoms with Crippen LogP contribution in [0.2, 0.25) is 5.15 Å². The van der Waals surface area contributed by atoms with Crippen LogP contribution in [0.25, 0.3) is 0 Å². The first-order chi connectivity index (χ1) is 9.99. The van der Waals surface area contributed by atoms with Gasteiger partial charge in [0.05, 0.1) is 0 Å². The highest BCUT2D eigenvalue weighted by molar-refractivity contribution is 6.30. The smallest absolute Gasteiger partial charge is 0.138 e. The Morgan fingerprint density at radius 1 is 1.19 bits per heavy atom. The molecule has 1 aromatic heterocycles. The Morgan fingerprint density at radius 3 is 2.43 bits per heavy atom. The molecule has 0 N–H and O–H groups in total. The van der Waals surface area contributed by atoms with Crippen molar-refractivity contribution in [2.45, 2.75) is 19.8 Å². The molecule has 2 heterocycles. The zero-order valence-electron chi connectivity index (χ0n) is 13.5. The SMILES string of the molecule is CC(C)c1c(Cl)ncnc1N1CCN(CCN(C)C)CC1. The number of rotatable bonds is 5. The van der Waals surface area contributed by atoms with Crippen LogP contribution in [0.4, 0.5) is 5.82 Å². The van der Waals surface area contributed by atoms with Crippen LogP contribution in [0.3, 0.4) is 0 Å². The van der Waals surface area contributed by atoms with E-state index in [-0.39, 0.29) is 0 Å². The summed E-state index contributed by atoms with van der Waals surface area (Å²) in [6, 6.07) is 0. The fourth-order valence-electron chi connectivity index (χ4n) is 2.64. The summed E-state index contributed by atoms with van der Waals surface area (Å²) in [6.07, 6.45) is 1.57. The van der Waals surface area contributed by atoms with E-state index in [0.29, 0.717) is 11.1 Å². The van der Waals surface area contributed by atoms with Gasteiger partial charge in [-0.25, -0.2) is 9.97 Å². The Hall–Kier alpha value is -0.910. The second kappa shape index (κ2) is 7.38. The Balaban J connectivity index is 2.01. The molecule has 0 spiro atoms. The molecule has 1 saturated heterocycles. The summed E-state index contributed by atoms with van der Waals surface area (Å²) in [5.74, 6) is 1.35. The molecule has 0 amide bonds. The molecule has 1 aliphatic rings. The predicted octanol–water partition coefficient (Wildman–Crippen LogP) is 1.94. The number of hydrogen-bond acceptors (Lipinski definition) is 5. The van der Waals surface area contributed by atoms with E-state index in [1.54, 1.807) is 6.33 Å². The Kier molecular flexibility index (Phi) is 5.79. The van der Waals surface area contributed by atoms with Gasteiger partial charge in [-0.2, -0.15) is 0 Å². The van der Waals surface area contributed by atoms with E-state index in [4.69, 9.17) is 11.6 Å². The summed E-state index contributed by atoms with van der Waals surface area (Å²) in [4.78, 5) is 15.7. The lowest BCUT2D eigenvalue weighted by atomic mass is 10.1. The monoisotopic (exact) mass is 311 g/mol. The largest absolute Gasteiger partial charge is 0.354 e. The van der Waals surface area contributed by atoms with Crippen molar-refractivity contribution in [1.82, 2.24) is 19.8 Å². The molecule has 6 heteroatoms. The minimum atomic E-state index is 0.334. The molecule has 0 aromatic carbocycles. The maximum atomic E-state index is 6.26. The van der Waals surface area contributed by atoms with Crippen molar-refractivity contribution < 1.29 is 0 Å². The van der Waals surface area contributed by atoms with Crippen LogP contribution < -0.4 is 4.90 Å². The van der Waals surface area contributed by atoms with Gasteiger partial charge in [0.2, 0.25) is 0 Å². The Labute approximate surface area is 132 Å². The van der Waals surface area contributed by atoms with Gasteiger partial charge in [-0.15, -0.1) is 0 Å². The van der Waals surface area contributed by atoms with Crippen LogP contribution in [0.15, 0.2) is 6.33 Å². The molecule has 1 aliphatic heterocycles. The molecule has 21 heavy (non-hydrogen) atoms. The zero-order chi connectivity index (χ0) is 15.4. The predicted molar refractivity (Wildman–Crippen MR) is 88.3 cm³/mol. The third-order valence-corrected chi connectivity index (χ3v) is 4.23. The minimum absolute atomic E-state index is 0.334. The van der Waals surface area contributed by atoms with Gasteiger partial charge in [-0.1, -0.05) is 25.4 Å². The molecule has 118 valence electrons. The molecule has 1 fully saturated rings. The second-order valence-corrected chi connectivity index (χ2v) is 6.55. The van der Waals surface area contributed by atoms with Crippen molar-refractivity contribution in [2.75, 3.05) is 58.3 Å². The first-order valence-electron chi connectivity index (χ1n) is 7.61. The lowest BCUT2D eigenvalue weighted by Crippen LogP contribution is -2.48. The molecule has 0 saturated carbocycles. The molecular weight excluding hydrogens is 286 g/mol. The van der Waals surface area contributed by atoms with Crippen LogP contribution in [0.5, 0.6) is 0 Å². The van der Waals surface area contributed by atoms with Crippen molar-refractivity contribution in [1.29, 1.82) is 0 Å². The first-order valence-corrected chi connectivity index (χ1v) is 7.99. The highest BCUT2D eigenvalue weighted by atomic mass is 35.5. The zero-order valence-corrected chi connectivity index (χ0v) is 14.3. The molecule has 5 nitrogen and oxygen atoms in total. The number of nitrogens with zero attached hydrogens (tertiary/aromatic N) is 5.